The van der Waals surface area contributed by atoms with E-state index < -0.39 is 7.29 Å². The molecule has 0 radical (unpaired) electrons. The van der Waals surface area contributed by atoms with E-state index in [0.717, 1.165) is 17.2 Å². The summed E-state index contributed by atoms with van der Waals surface area (Å²) in [6.45, 7) is 0.766. The molecular weight excluding hydrogens is 229 g/mol. The average molecular weight is 243 g/mol. The van der Waals surface area contributed by atoms with Crippen molar-refractivity contribution in [1.29, 1.82) is 0 Å². The lowest BCUT2D eigenvalue weighted by Gasteiger charge is -2.21. The summed E-state index contributed by atoms with van der Waals surface area (Å²) in [5, 5.41) is 1.92. The molecule has 86 valence electrons. The number of hydrogen-bond donors (Lipinski definition) is 0. The van der Waals surface area contributed by atoms with E-state index in [9.17, 15) is 4.57 Å². The van der Waals surface area contributed by atoms with Crippen LogP contribution in [0.4, 0.5) is 0 Å². The van der Waals surface area contributed by atoms with Crippen molar-refractivity contribution in [2.45, 2.75) is 6.54 Å². The van der Waals surface area contributed by atoms with Gasteiger partial charge in [-0.25, -0.2) is 4.67 Å². The van der Waals surface area contributed by atoms with Crippen LogP contribution >= 0.6 is 7.29 Å². The molecule has 0 bridgehead atoms. The lowest BCUT2D eigenvalue weighted by Crippen LogP contribution is -2.21. The van der Waals surface area contributed by atoms with Gasteiger partial charge in [0.05, 0.1) is 0 Å². The van der Waals surface area contributed by atoms with Gasteiger partial charge in [0.1, 0.15) is 0 Å². The third-order valence-corrected chi connectivity index (χ3v) is 6.49. The van der Waals surface area contributed by atoms with E-state index in [1.165, 1.54) is 5.56 Å². The molecule has 2 aromatic carbocycles. The molecule has 1 atom stereocenters. The first-order chi connectivity index (χ1) is 8.23. The standard InChI is InChI=1S/C14H14NOP/c1-15-11-12-7-5-6-10-14(12)17(15,16)13-8-3-2-4-9-13/h2-10H,11H2,1H3. The van der Waals surface area contributed by atoms with E-state index >= 15 is 0 Å². The Morgan fingerprint density at radius 2 is 1.65 bits per heavy atom. The van der Waals surface area contributed by atoms with Crippen molar-refractivity contribution in [3.05, 3.63) is 60.2 Å². The first-order valence-corrected chi connectivity index (χ1v) is 7.34. The Bertz CT molecular complexity index is 594. The molecule has 0 saturated carbocycles. The lowest BCUT2D eigenvalue weighted by atomic mass is 10.2. The van der Waals surface area contributed by atoms with Crippen LogP contribution < -0.4 is 10.6 Å². The molecule has 0 spiro atoms. The van der Waals surface area contributed by atoms with Crippen LogP contribution in [0.3, 0.4) is 0 Å². The summed E-state index contributed by atoms with van der Waals surface area (Å²) in [6, 6.07) is 17.8. The average Bonchev–Trinajstić information content (AvgIpc) is 2.64. The quantitative estimate of drug-likeness (QED) is 0.717. The third-order valence-electron chi connectivity index (χ3n) is 3.30. The molecule has 0 aromatic heterocycles. The first-order valence-electron chi connectivity index (χ1n) is 5.68. The molecule has 17 heavy (non-hydrogen) atoms. The van der Waals surface area contributed by atoms with Gasteiger partial charge >= 0.3 is 0 Å². The van der Waals surface area contributed by atoms with Crippen molar-refractivity contribution in [3.63, 3.8) is 0 Å². The van der Waals surface area contributed by atoms with E-state index in [0.29, 0.717) is 0 Å². The molecule has 3 heteroatoms. The van der Waals surface area contributed by atoms with Crippen molar-refractivity contribution in [2.24, 2.45) is 0 Å². The Morgan fingerprint density at radius 3 is 2.41 bits per heavy atom. The van der Waals surface area contributed by atoms with Crippen molar-refractivity contribution < 1.29 is 4.57 Å². The normalized spacial score (nSPS) is 23.6. The maximum atomic E-state index is 13.3. The van der Waals surface area contributed by atoms with Gasteiger partial charge in [0.2, 0.25) is 7.29 Å². The molecule has 1 heterocycles. The molecule has 1 aliphatic heterocycles. The van der Waals surface area contributed by atoms with Gasteiger partial charge in [-0.3, -0.25) is 4.57 Å². The van der Waals surface area contributed by atoms with Gasteiger partial charge < -0.3 is 0 Å². The SMILES string of the molecule is CN1Cc2ccccc2P1(=O)c1ccccc1. The summed E-state index contributed by atoms with van der Waals surface area (Å²) >= 11 is 0. The zero-order chi connectivity index (χ0) is 11.9. The highest BCUT2D eigenvalue weighted by Crippen LogP contribution is 2.52. The van der Waals surface area contributed by atoms with Gasteiger partial charge in [-0.2, -0.15) is 0 Å². The summed E-state index contributed by atoms with van der Waals surface area (Å²) in [5.74, 6) is 0. The van der Waals surface area contributed by atoms with Crippen LogP contribution in [0.1, 0.15) is 5.56 Å². The minimum atomic E-state index is -2.57. The molecule has 0 aliphatic carbocycles. The van der Waals surface area contributed by atoms with Crippen LogP contribution in [0.5, 0.6) is 0 Å². The van der Waals surface area contributed by atoms with Crippen molar-refractivity contribution >= 4 is 17.9 Å². The highest BCUT2D eigenvalue weighted by atomic mass is 31.2. The minimum absolute atomic E-state index is 0.766. The molecule has 1 aliphatic rings. The number of rotatable bonds is 1. The Kier molecular flexibility index (Phi) is 2.43. The number of fused-ring (bicyclic) bond motifs is 1. The van der Waals surface area contributed by atoms with E-state index in [4.69, 9.17) is 0 Å². The van der Waals surface area contributed by atoms with E-state index in [1.54, 1.807) is 0 Å². The summed E-state index contributed by atoms with van der Waals surface area (Å²) in [7, 11) is -0.632. The first kappa shape index (κ1) is 10.8. The van der Waals surface area contributed by atoms with Gasteiger partial charge in [0, 0.05) is 17.2 Å². The smallest absolute Gasteiger partial charge is 0.207 e. The van der Waals surface area contributed by atoms with Crippen LogP contribution in [-0.2, 0) is 11.1 Å². The van der Waals surface area contributed by atoms with Gasteiger partial charge in [-0.15, -0.1) is 0 Å². The molecule has 0 amide bonds. The monoisotopic (exact) mass is 243 g/mol. The largest absolute Gasteiger partial charge is 0.296 e. The fraction of sp³-hybridized carbons (Fsp3) is 0.143. The fourth-order valence-electron chi connectivity index (χ4n) is 2.44. The molecule has 2 nitrogen and oxygen atoms in total. The third kappa shape index (κ3) is 1.49. The topological polar surface area (TPSA) is 20.3 Å². The van der Waals surface area contributed by atoms with Gasteiger partial charge in [-0.1, -0.05) is 36.4 Å². The summed E-state index contributed by atoms with van der Waals surface area (Å²) in [4.78, 5) is 0. The number of benzene rings is 2. The Hall–Kier alpha value is -1.37. The summed E-state index contributed by atoms with van der Waals surface area (Å²) in [6.07, 6.45) is 0. The van der Waals surface area contributed by atoms with Gasteiger partial charge in [0.25, 0.3) is 0 Å². The second-order valence-electron chi connectivity index (χ2n) is 4.36. The van der Waals surface area contributed by atoms with Crippen molar-refractivity contribution in [2.75, 3.05) is 7.05 Å². The number of nitrogens with zero attached hydrogens (tertiary/aromatic N) is 1. The Labute approximate surface area is 101 Å². The summed E-state index contributed by atoms with van der Waals surface area (Å²) in [5.41, 5.74) is 1.18. The molecule has 3 rings (SSSR count). The highest BCUT2D eigenvalue weighted by Gasteiger charge is 2.39. The molecule has 0 fully saturated rings. The molecular formula is C14H14NOP. The second-order valence-corrected chi connectivity index (χ2v) is 7.19. The van der Waals surface area contributed by atoms with Crippen LogP contribution in [0.2, 0.25) is 0 Å². The maximum absolute atomic E-state index is 13.3. The summed E-state index contributed by atoms with van der Waals surface area (Å²) < 4.78 is 15.3. The van der Waals surface area contributed by atoms with Crippen LogP contribution in [0.15, 0.2) is 54.6 Å². The van der Waals surface area contributed by atoms with Gasteiger partial charge in [0.15, 0.2) is 0 Å². The zero-order valence-corrected chi connectivity index (χ0v) is 10.6. The van der Waals surface area contributed by atoms with Gasteiger partial charge in [-0.05, 0) is 30.8 Å². The zero-order valence-electron chi connectivity index (χ0n) is 9.71. The maximum Gasteiger partial charge on any atom is 0.207 e. The van der Waals surface area contributed by atoms with Crippen LogP contribution in [0, 0.1) is 0 Å². The molecule has 1 unspecified atom stereocenters. The van der Waals surface area contributed by atoms with Crippen LogP contribution in [-0.4, -0.2) is 11.7 Å². The Morgan fingerprint density at radius 1 is 1.00 bits per heavy atom. The predicted molar refractivity (Wildman–Crippen MR) is 71.2 cm³/mol. The van der Waals surface area contributed by atoms with Crippen LogP contribution in [0.25, 0.3) is 0 Å². The molecule has 0 N–H and O–H groups in total. The minimum Gasteiger partial charge on any atom is -0.296 e. The van der Waals surface area contributed by atoms with E-state index in [1.807, 2.05) is 60.2 Å². The van der Waals surface area contributed by atoms with Crippen molar-refractivity contribution in [3.8, 4) is 0 Å². The fourth-order valence-corrected chi connectivity index (χ4v) is 5.23. The predicted octanol–water partition coefficient (Wildman–Crippen LogP) is 2.36. The second kappa shape index (κ2) is 3.83. The van der Waals surface area contributed by atoms with E-state index in [-0.39, 0.29) is 0 Å². The van der Waals surface area contributed by atoms with E-state index in [2.05, 4.69) is 6.07 Å². The molecule has 0 saturated heterocycles. The molecule has 2 aromatic rings. The highest BCUT2D eigenvalue weighted by molar-refractivity contribution is 7.77. The Balaban J connectivity index is 2.24. The number of hydrogen-bond acceptors (Lipinski definition) is 1. The lowest BCUT2D eigenvalue weighted by molar-refractivity contribution is 0.494. The van der Waals surface area contributed by atoms with Crippen molar-refractivity contribution in [1.82, 2.24) is 4.67 Å².